The third-order valence-electron chi connectivity index (χ3n) is 11.9. The Hall–Kier alpha value is -7.43. The van der Waals surface area contributed by atoms with Crippen LogP contribution < -0.4 is 0 Å². The molecule has 11 rings (SSSR count). The highest BCUT2D eigenvalue weighted by atomic mass is 15.0. The summed E-state index contributed by atoms with van der Waals surface area (Å²) in [6.07, 6.45) is 0. The number of fused-ring (bicyclic) bond motifs is 6. The van der Waals surface area contributed by atoms with Gasteiger partial charge in [0.2, 0.25) is 0 Å². The second kappa shape index (κ2) is 13.4. The summed E-state index contributed by atoms with van der Waals surface area (Å²) in [5, 5.41) is 2.51. The van der Waals surface area contributed by atoms with Gasteiger partial charge in [-0.1, -0.05) is 184 Å². The zero-order valence-electron chi connectivity index (χ0n) is 32.3. The molecule has 0 spiro atoms. The monoisotopic (exact) mass is 742 g/mol. The van der Waals surface area contributed by atoms with E-state index in [1.807, 2.05) is 60.7 Å². The Morgan fingerprint density at radius 2 is 0.862 bits per heavy atom. The quantitative estimate of drug-likeness (QED) is 0.170. The lowest BCUT2D eigenvalue weighted by Gasteiger charge is -2.22. The van der Waals surface area contributed by atoms with Crippen LogP contribution in [0.4, 0.5) is 0 Å². The van der Waals surface area contributed by atoms with Crippen LogP contribution in [0.1, 0.15) is 25.0 Å². The van der Waals surface area contributed by atoms with Gasteiger partial charge in [0.25, 0.3) is 0 Å². The van der Waals surface area contributed by atoms with Crippen molar-refractivity contribution in [2.45, 2.75) is 19.3 Å². The maximum absolute atomic E-state index is 4.98. The molecule has 0 fully saturated rings. The molecule has 0 radical (unpaired) electrons. The van der Waals surface area contributed by atoms with Crippen molar-refractivity contribution < 1.29 is 0 Å². The van der Waals surface area contributed by atoms with Gasteiger partial charge >= 0.3 is 0 Å². The molecule has 0 atom stereocenters. The maximum atomic E-state index is 4.98. The zero-order valence-corrected chi connectivity index (χ0v) is 32.3. The molecule has 0 aliphatic heterocycles. The van der Waals surface area contributed by atoms with E-state index in [9.17, 15) is 0 Å². The molecule has 0 bridgehead atoms. The minimum absolute atomic E-state index is 0.116. The van der Waals surface area contributed by atoms with E-state index in [1.54, 1.807) is 0 Å². The summed E-state index contributed by atoms with van der Waals surface area (Å²) in [7, 11) is 0. The van der Waals surface area contributed by atoms with Crippen LogP contribution in [-0.2, 0) is 5.41 Å². The summed E-state index contributed by atoms with van der Waals surface area (Å²) >= 11 is 0. The van der Waals surface area contributed by atoms with Crippen LogP contribution in [0.15, 0.2) is 194 Å². The molecule has 4 nitrogen and oxygen atoms in total. The summed E-state index contributed by atoms with van der Waals surface area (Å²) < 4.78 is 2.49. The molecule has 2 heterocycles. The minimum Gasteiger partial charge on any atom is -0.309 e. The van der Waals surface area contributed by atoms with Gasteiger partial charge < -0.3 is 4.57 Å². The second-order valence-electron chi connectivity index (χ2n) is 15.7. The third-order valence-corrected chi connectivity index (χ3v) is 11.9. The van der Waals surface area contributed by atoms with Crippen molar-refractivity contribution in [2.75, 3.05) is 0 Å². The number of aromatic nitrogens is 4. The van der Waals surface area contributed by atoms with Crippen LogP contribution in [0.25, 0.3) is 95.0 Å². The van der Waals surface area contributed by atoms with E-state index in [0.717, 1.165) is 33.5 Å². The minimum atomic E-state index is -0.116. The predicted molar refractivity (Wildman–Crippen MR) is 239 cm³/mol. The van der Waals surface area contributed by atoms with Crippen molar-refractivity contribution in [3.63, 3.8) is 0 Å². The zero-order chi connectivity index (χ0) is 38.8. The molecule has 58 heavy (non-hydrogen) atoms. The molecular weight excluding hydrogens is 705 g/mol. The summed E-state index contributed by atoms with van der Waals surface area (Å²) in [6, 6.07) is 69.1. The van der Waals surface area contributed by atoms with Crippen LogP contribution in [0, 0.1) is 0 Å². The molecule has 10 aromatic rings. The molecule has 2 aromatic heterocycles. The van der Waals surface area contributed by atoms with Gasteiger partial charge in [-0.05, 0) is 63.2 Å². The van der Waals surface area contributed by atoms with Gasteiger partial charge in [-0.25, -0.2) is 15.0 Å². The fourth-order valence-corrected chi connectivity index (χ4v) is 8.93. The van der Waals surface area contributed by atoms with Gasteiger partial charge in [0, 0.05) is 38.4 Å². The van der Waals surface area contributed by atoms with E-state index in [0.29, 0.717) is 17.5 Å². The molecule has 0 amide bonds. The molecule has 8 aromatic carbocycles. The number of benzene rings is 8. The van der Waals surface area contributed by atoms with Gasteiger partial charge in [-0.2, -0.15) is 0 Å². The standard InChI is InChI=1S/C54H38N4/c1-54(2)46-24-14-12-22-42(46)44-33-45-43-23-13-15-25-48(43)58(50(45)34-47(44)54)49-32-40(30-31-41(49)36-16-6-3-7-17-36)35-26-28-39(29-27-35)53-56-51(37-18-8-4-9-19-37)55-52(57-53)38-20-10-5-11-21-38/h3-34H,1-2H3. The number of hydrogen-bond acceptors (Lipinski definition) is 3. The van der Waals surface area contributed by atoms with Gasteiger partial charge in [-0.3, -0.25) is 0 Å². The molecule has 0 saturated carbocycles. The summed E-state index contributed by atoms with van der Waals surface area (Å²) in [5.74, 6) is 1.94. The van der Waals surface area contributed by atoms with Crippen LogP contribution in [-0.4, -0.2) is 19.5 Å². The summed E-state index contributed by atoms with van der Waals surface area (Å²) in [5.41, 5.74) is 16.3. The first kappa shape index (κ1) is 33.9. The molecule has 274 valence electrons. The predicted octanol–water partition coefficient (Wildman–Crippen LogP) is 13.6. The van der Waals surface area contributed by atoms with E-state index in [1.165, 1.54) is 55.2 Å². The average molecular weight is 743 g/mol. The molecule has 1 aliphatic rings. The highest BCUT2D eigenvalue weighted by molar-refractivity contribution is 6.12. The number of rotatable bonds is 6. The fourth-order valence-electron chi connectivity index (χ4n) is 8.93. The molecule has 0 N–H and O–H groups in total. The average Bonchev–Trinajstić information content (AvgIpc) is 3.73. The van der Waals surface area contributed by atoms with Crippen molar-refractivity contribution in [1.82, 2.24) is 19.5 Å². The molecule has 0 unspecified atom stereocenters. The first-order valence-electron chi connectivity index (χ1n) is 19.9. The van der Waals surface area contributed by atoms with Crippen molar-refractivity contribution in [2.24, 2.45) is 0 Å². The number of nitrogens with zero attached hydrogens (tertiary/aromatic N) is 4. The Labute approximate surface area is 337 Å². The van der Waals surface area contributed by atoms with Crippen LogP contribution in [0.3, 0.4) is 0 Å². The van der Waals surface area contributed by atoms with Crippen LogP contribution in [0.2, 0.25) is 0 Å². The van der Waals surface area contributed by atoms with Gasteiger partial charge in [0.15, 0.2) is 17.5 Å². The molecule has 0 saturated heterocycles. The first-order valence-corrected chi connectivity index (χ1v) is 19.9. The largest absolute Gasteiger partial charge is 0.309 e. The third kappa shape index (κ3) is 5.48. The summed E-state index contributed by atoms with van der Waals surface area (Å²) in [6.45, 7) is 4.72. The topological polar surface area (TPSA) is 43.6 Å². The van der Waals surface area contributed by atoms with E-state index >= 15 is 0 Å². The lowest BCUT2D eigenvalue weighted by Crippen LogP contribution is -2.15. The normalized spacial score (nSPS) is 12.8. The van der Waals surface area contributed by atoms with E-state index < -0.39 is 0 Å². The molecule has 1 aliphatic carbocycles. The first-order chi connectivity index (χ1) is 28.5. The van der Waals surface area contributed by atoms with Crippen LogP contribution >= 0.6 is 0 Å². The lowest BCUT2D eigenvalue weighted by atomic mass is 9.82. The maximum Gasteiger partial charge on any atom is 0.164 e. The van der Waals surface area contributed by atoms with Crippen molar-refractivity contribution in [3.8, 4) is 73.2 Å². The van der Waals surface area contributed by atoms with E-state index in [2.05, 4.69) is 152 Å². The van der Waals surface area contributed by atoms with Gasteiger partial charge in [0.05, 0.1) is 16.7 Å². The summed E-state index contributed by atoms with van der Waals surface area (Å²) in [4.78, 5) is 14.8. The SMILES string of the molecule is CC1(C)c2ccccc2-c2cc3c4ccccc4n(-c4cc(-c5ccc(-c6nc(-c7ccccc7)nc(-c7ccccc7)n6)cc5)ccc4-c4ccccc4)c3cc21. The van der Waals surface area contributed by atoms with E-state index in [4.69, 9.17) is 15.0 Å². The Kier molecular flexibility index (Phi) is 7.80. The van der Waals surface area contributed by atoms with Crippen molar-refractivity contribution in [1.29, 1.82) is 0 Å². The lowest BCUT2D eigenvalue weighted by molar-refractivity contribution is 0.661. The molecular formula is C54H38N4. The highest BCUT2D eigenvalue weighted by Crippen LogP contribution is 2.51. The number of hydrogen-bond donors (Lipinski definition) is 0. The Morgan fingerprint density at radius 3 is 1.52 bits per heavy atom. The highest BCUT2D eigenvalue weighted by Gasteiger charge is 2.36. The Morgan fingerprint density at radius 1 is 0.345 bits per heavy atom. The van der Waals surface area contributed by atoms with Gasteiger partial charge in [0.1, 0.15) is 0 Å². The fraction of sp³-hybridized carbons (Fsp3) is 0.0556. The Balaban J connectivity index is 1.07. The number of para-hydroxylation sites is 1. The van der Waals surface area contributed by atoms with Crippen molar-refractivity contribution >= 4 is 21.8 Å². The van der Waals surface area contributed by atoms with Crippen LogP contribution in [0.5, 0.6) is 0 Å². The van der Waals surface area contributed by atoms with E-state index in [-0.39, 0.29) is 5.41 Å². The van der Waals surface area contributed by atoms with Crippen molar-refractivity contribution in [3.05, 3.63) is 205 Å². The molecule has 4 heteroatoms. The van der Waals surface area contributed by atoms with Gasteiger partial charge in [-0.15, -0.1) is 0 Å². The second-order valence-corrected chi connectivity index (χ2v) is 15.7. The smallest absolute Gasteiger partial charge is 0.164 e. The Bertz CT molecular complexity index is 3110.